The number of hydrogen-bond donors (Lipinski definition) is 2. The smallest absolute Gasteiger partial charge is 0.315 e. The molecule has 0 heterocycles. The van der Waals surface area contributed by atoms with E-state index in [4.69, 9.17) is 0 Å². The maximum Gasteiger partial charge on any atom is 0.315 e. The zero-order valence-electron chi connectivity index (χ0n) is 11.5. The molecule has 20 heavy (non-hydrogen) atoms. The number of rotatable bonds is 5. The maximum absolute atomic E-state index is 11.3. The standard InChI is InChI=1S/C15H17N3O2/c1-3-16-13-5-4-6-14(15(13)18(19)20)17-12-9-7-11(2)8-10-12/h4-10,16-17H,3H2,1-2H3. The molecule has 0 unspecified atom stereocenters. The minimum atomic E-state index is -0.367. The van der Waals surface area contributed by atoms with Crippen molar-refractivity contribution in [2.75, 3.05) is 17.2 Å². The van der Waals surface area contributed by atoms with Crippen LogP contribution in [0.5, 0.6) is 0 Å². The molecule has 0 spiro atoms. The molecule has 0 aliphatic heterocycles. The van der Waals surface area contributed by atoms with E-state index in [0.29, 0.717) is 17.9 Å². The third kappa shape index (κ3) is 3.06. The molecule has 2 rings (SSSR count). The molecule has 0 aliphatic rings. The summed E-state index contributed by atoms with van der Waals surface area (Å²) in [5.74, 6) is 0. The van der Waals surface area contributed by atoms with Crippen LogP contribution in [0.25, 0.3) is 0 Å². The summed E-state index contributed by atoms with van der Waals surface area (Å²) >= 11 is 0. The number of aryl methyl sites for hydroxylation is 1. The largest absolute Gasteiger partial charge is 0.380 e. The van der Waals surface area contributed by atoms with Crippen LogP contribution >= 0.6 is 0 Å². The Morgan fingerprint density at radius 2 is 1.75 bits per heavy atom. The van der Waals surface area contributed by atoms with Gasteiger partial charge in [0.25, 0.3) is 0 Å². The summed E-state index contributed by atoms with van der Waals surface area (Å²) in [4.78, 5) is 10.9. The van der Waals surface area contributed by atoms with Gasteiger partial charge in [-0.05, 0) is 38.1 Å². The highest BCUT2D eigenvalue weighted by Gasteiger charge is 2.19. The van der Waals surface area contributed by atoms with Crippen LogP contribution in [-0.4, -0.2) is 11.5 Å². The van der Waals surface area contributed by atoms with E-state index in [2.05, 4.69) is 10.6 Å². The van der Waals surface area contributed by atoms with Gasteiger partial charge in [-0.25, -0.2) is 0 Å². The van der Waals surface area contributed by atoms with Gasteiger partial charge in [0.15, 0.2) is 0 Å². The second kappa shape index (κ2) is 6.06. The molecule has 0 bridgehead atoms. The molecule has 0 aromatic heterocycles. The Balaban J connectivity index is 2.37. The predicted octanol–water partition coefficient (Wildman–Crippen LogP) is 4.08. The minimum absolute atomic E-state index is 0.0647. The number of para-hydroxylation sites is 1. The lowest BCUT2D eigenvalue weighted by Crippen LogP contribution is -2.04. The van der Waals surface area contributed by atoms with Crippen LogP contribution < -0.4 is 10.6 Å². The van der Waals surface area contributed by atoms with Gasteiger partial charge in [-0.3, -0.25) is 10.1 Å². The third-order valence-corrected chi connectivity index (χ3v) is 2.92. The molecule has 0 amide bonds. The summed E-state index contributed by atoms with van der Waals surface area (Å²) in [5.41, 5.74) is 3.04. The molecule has 0 atom stereocenters. The number of nitrogens with one attached hydrogen (secondary N) is 2. The first-order valence-corrected chi connectivity index (χ1v) is 6.46. The van der Waals surface area contributed by atoms with Crippen molar-refractivity contribution in [2.24, 2.45) is 0 Å². The van der Waals surface area contributed by atoms with E-state index < -0.39 is 0 Å². The lowest BCUT2D eigenvalue weighted by atomic mass is 10.2. The zero-order chi connectivity index (χ0) is 14.5. The average Bonchev–Trinajstić information content (AvgIpc) is 2.41. The van der Waals surface area contributed by atoms with Gasteiger partial charge in [0.2, 0.25) is 0 Å². The number of benzene rings is 2. The molecule has 0 aliphatic carbocycles. The van der Waals surface area contributed by atoms with Gasteiger partial charge in [-0.2, -0.15) is 0 Å². The maximum atomic E-state index is 11.3. The van der Waals surface area contributed by atoms with Gasteiger partial charge >= 0.3 is 5.69 Å². The number of nitro benzene ring substituents is 1. The first-order valence-electron chi connectivity index (χ1n) is 6.46. The van der Waals surface area contributed by atoms with Crippen LogP contribution in [0, 0.1) is 17.0 Å². The molecular weight excluding hydrogens is 254 g/mol. The number of anilines is 3. The van der Waals surface area contributed by atoms with Crippen molar-refractivity contribution in [2.45, 2.75) is 13.8 Å². The van der Waals surface area contributed by atoms with Crippen molar-refractivity contribution in [1.29, 1.82) is 0 Å². The summed E-state index contributed by atoms with van der Waals surface area (Å²) in [7, 11) is 0. The van der Waals surface area contributed by atoms with E-state index in [1.165, 1.54) is 0 Å². The van der Waals surface area contributed by atoms with Gasteiger partial charge in [0, 0.05) is 12.2 Å². The Kier molecular flexibility index (Phi) is 4.20. The van der Waals surface area contributed by atoms with Crippen LogP contribution in [-0.2, 0) is 0 Å². The molecule has 2 N–H and O–H groups in total. The highest BCUT2D eigenvalue weighted by Crippen LogP contribution is 2.34. The number of hydrogen-bond acceptors (Lipinski definition) is 4. The van der Waals surface area contributed by atoms with E-state index in [0.717, 1.165) is 11.3 Å². The average molecular weight is 271 g/mol. The molecule has 5 nitrogen and oxygen atoms in total. The Morgan fingerprint density at radius 1 is 1.10 bits per heavy atom. The Bertz CT molecular complexity index is 609. The first-order chi connectivity index (χ1) is 9.61. The van der Waals surface area contributed by atoms with E-state index in [-0.39, 0.29) is 10.6 Å². The van der Waals surface area contributed by atoms with E-state index in [1.807, 2.05) is 38.1 Å². The fourth-order valence-electron chi connectivity index (χ4n) is 1.97. The van der Waals surface area contributed by atoms with E-state index in [9.17, 15) is 10.1 Å². The summed E-state index contributed by atoms with van der Waals surface area (Å²) in [6.07, 6.45) is 0. The molecule has 0 saturated carbocycles. The molecule has 0 saturated heterocycles. The molecule has 104 valence electrons. The first kappa shape index (κ1) is 13.9. The zero-order valence-corrected chi connectivity index (χ0v) is 11.5. The van der Waals surface area contributed by atoms with Crippen LogP contribution in [0.2, 0.25) is 0 Å². The molecule has 5 heteroatoms. The normalized spacial score (nSPS) is 10.1. The second-order valence-corrected chi connectivity index (χ2v) is 4.48. The van der Waals surface area contributed by atoms with Crippen molar-refractivity contribution in [3.05, 3.63) is 58.1 Å². The van der Waals surface area contributed by atoms with Crippen molar-refractivity contribution < 1.29 is 4.92 Å². The second-order valence-electron chi connectivity index (χ2n) is 4.48. The number of nitrogens with zero attached hydrogens (tertiary/aromatic N) is 1. The SMILES string of the molecule is CCNc1cccc(Nc2ccc(C)cc2)c1[N+](=O)[O-]. The predicted molar refractivity (Wildman–Crippen MR) is 81.7 cm³/mol. The summed E-state index contributed by atoms with van der Waals surface area (Å²) in [5, 5.41) is 17.4. The molecule has 0 radical (unpaired) electrons. The highest BCUT2D eigenvalue weighted by molar-refractivity contribution is 5.79. The lowest BCUT2D eigenvalue weighted by Gasteiger charge is -2.11. The van der Waals surface area contributed by atoms with Crippen molar-refractivity contribution in [3.8, 4) is 0 Å². The minimum Gasteiger partial charge on any atom is -0.380 e. The van der Waals surface area contributed by atoms with E-state index >= 15 is 0 Å². The van der Waals surface area contributed by atoms with Crippen molar-refractivity contribution in [1.82, 2.24) is 0 Å². The fraction of sp³-hybridized carbons (Fsp3) is 0.200. The van der Waals surface area contributed by atoms with Gasteiger partial charge in [-0.1, -0.05) is 23.8 Å². The highest BCUT2D eigenvalue weighted by atomic mass is 16.6. The van der Waals surface area contributed by atoms with Gasteiger partial charge in [0.1, 0.15) is 11.4 Å². The summed E-state index contributed by atoms with van der Waals surface area (Å²) in [6.45, 7) is 4.54. The summed E-state index contributed by atoms with van der Waals surface area (Å²) in [6, 6.07) is 12.9. The molecule has 2 aromatic rings. The Hall–Kier alpha value is -2.56. The van der Waals surface area contributed by atoms with Gasteiger partial charge < -0.3 is 10.6 Å². The quantitative estimate of drug-likeness (QED) is 0.635. The lowest BCUT2D eigenvalue weighted by molar-refractivity contribution is -0.383. The fourth-order valence-corrected chi connectivity index (χ4v) is 1.97. The van der Waals surface area contributed by atoms with Crippen LogP contribution in [0.3, 0.4) is 0 Å². The molecule has 0 fully saturated rings. The van der Waals surface area contributed by atoms with Gasteiger partial charge in [0.05, 0.1) is 4.92 Å². The number of nitro groups is 1. The Morgan fingerprint density at radius 3 is 2.35 bits per heavy atom. The van der Waals surface area contributed by atoms with Crippen molar-refractivity contribution >= 4 is 22.7 Å². The Labute approximate surface area is 117 Å². The molecular formula is C15H17N3O2. The monoisotopic (exact) mass is 271 g/mol. The molecule has 2 aromatic carbocycles. The van der Waals surface area contributed by atoms with E-state index in [1.54, 1.807) is 18.2 Å². The third-order valence-electron chi connectivity index (χ3n) is 2.92. The summed E-state index contributed by atoms with van der Waals surface area (Å²) < 4.78 is 0. The van der Waals surface area contributed by atoms with Crippen LogP contribution in [0.1, 0.15) is 12.5 Å². The van der Waals surface area contributed by atoms with Crippen molar-refractivity contribution in [3.63, 3.8) is 0 Å². The van der Waals surface area contributed by atoms with Gasteiger partial charge in [-0.15, -0.1) is 0 Å². The van der Waals surface area contributed by atoms with Crippen LogP contribution in [0.15, 0.2) is 42.5 Å². The topological polar surface area (TPSA) is 67.2 Å². The van der Waals surface area contributed by atoms with Crippen LogP contribution in [0.4, 0.5) is 22.7 Å².